The number of carboxylic acid groups (broad SMARTS) is 1. The normalized spacial score (nSPS) is 11.8. The van der Waals surface area contributed by atoms with Crippen LogP contribution in [0.2, 0.25) is 0 Å². The van der Waals surface area contributed by atoms with Crippen LogP contribution in [-0.4, -0.2) is 28.6 Å². The van der Waals surface area contributed by atoms with Crippen LogP contribution in [0.25, 0.3) is 10.6 Å². The number of hydrogen-bond acceptors (Lipinski definition) is 5. The average Bonchev–Trinajstić information content (AvgIpc) is 3.28. The number of unbranched alkanes of at least 4 members (excludes halogenated alkanes) is 4. The summed E-state index contributed by atoms with van der Waals surface area (Å²) in [6, 6.07) is 5.80. The number of nitrogens with one attached hydrogen (secondary N) is 1. The Kier molecular flexibility index (Phi) is 11.9. The number of carbonyl (C=O) groups is 2. The molecule has 2 N–H and O–H groups in total. The lowest BCUT2D eigenvalue weighted by molar-refractivity contribution is -0.137. The van der Waals surface area contributed by atoms with E-state index in [0.29, 0.717) is 19.6 Å². The van der Waals surface area contributed by atoms with Crippen molar-refractivity contribution in [1.29, 1.82) is 0 Å². The number of hydrogen-bond donors (Lipinski definition) is 2. The van der Waals surface area contributed by atoms with Crippen LogP contribution in [0.3, 0.4) is 0 Å². The molecule has 7 heteroatoms. The second kappa shape index (κ2) is 14.7. The van der Waals surface area contributed by atoms with Crippen LogP contribution in [0.4, 0.5) is 0 Å². The van der Waals surface area contributed by atoms with Crippen LogP contribution in [0.1, 0.15) is 83.4 Å². The molecule has 6 nitrogen and oxygen atoms in total. The summed E-state index contributed by atoms with van der Waals surface area (Å²) in [5.41, 5.74) is 2.65. The number of carboxylic acids is 1. The molecular formula is C26H38N2O4S. The monoisotopic (exact) mass is 474 g/mol. The first-order valence-electron chi connectivity index (χ1n) is 12.1. The van der Waals surface area contributed by atoms with E-state index in [4.69, 9.17) is 14.8 Å². The van der Waals surface area contributed by atoms with Crippen molar-refractivity contribution in [2.45, 2.75) is 85.1 Å². The van der Waals surface area contributed by atoms with Gasteiger partial charge >= 0.3 is 5.97 Å². The van der Waals surface area contributed by atoms with Gasteiger partial charge in [-0.05, 0) is 37.0 Å². The van der Waals surface area contributed by atoms with Gasteiger partial charge in [-0.25, -0.2) is 4.98 Å². The summed E-state index contributed by atoms with van der Waals surface area (Å²) in [5, 5.41) is 14.8. The zero-order valence-electron chi connectivity index (χ0n) is 20.2. The Bertz CT molecular complexity index is 881. The second-order valence-corrected chi connectivity index (χ2v) is 9.40. The molecule has 1 aromatic carbocycles. The van der Waals surface area contributed by atoms with Gasteiger partial charge in [0.1, 0.15) is 10.8 Å². The highest BCUT2D eigenvalue weighted by atomic mass is 32.1. The standard InChI is InChI=1S/C26H38N2O4S/c1-4-6-7-8-9-10-19(3)25(31)27-17-21-18-33-26(28-21)22-13-11-20(12-14-24(29)30)16-23(22)32-15-5-2/h11,13,16,18-19H,4-10,12,14-15,17H2,1-3H3,(H,27,31)(H,29,30). The van der Waals surface area contributed by atoms with Gasteiger partial charge in [0, 0.05) is 17.7 Å². The molecule has 2 rings (SSSR count). The highest BCUT2D eigenvalue weighted by Crippen LogP contribution is 2.34. The van der Waals surface area contributed by atoms with Crippen molar-refractivity contribution < 1.29 is 19.4 Å². The van der Waals surface area contributed by atoms with Gasteiger partial charge in [-0.2, -0.15) is 0 Å². The fourth-order valence-electron chi connectivity index (χ4n) is 3.53. The van der Waals surface area contributed by atoms with Gasteiger partial charge in [-0.1, -0.05) is 58.9 Å². The van der Waals surface area contributed by atoms with Gasteiger partial charge < -0.3 is 15.2 Å². The summed E-state index contributed by atoms with van der Waals surface area (Å²) in [7, 11) is 0. The summed E-state index contributed by atoms with van der Waals surface area (Å²) in [6.07, 6.45) is 8.38. The van der Waals surface area contributed by atoms with E-state index in [1.165, 1.54) is 37.0 Å². The van der Waals surface area contributed by atoms with Gasteiger partial charge in [0.25, 0.3) is 0 Å². The van der Waals surface area contributed by atoms with E-state index in [2.05, 4.69) is 12.2 Å². The lowest BCUT2D eigenvalue weighted by atomic mass is 10.0. The van der Waals surface area contributed by atoms with Crippen molar-refractivity contribution in [2.75, 3.05) is 6.61 Å². The Labute approximate surface area is 201 Å². The van der Waals surface area contributed by atoms with Crippen molar-refractivity contribution in [3.8, 4) is 16.3 Å². The molecule has 1 amide bonds. The van der Waals surface area contributed by atoms with Crippen LogP contribution in [0.15, 0.2) is 23.6 Å². The van der Waals surface area contributed by atoms with Gasteiger partial charge in [0.2, 0.25) is 5.91 Å². The zero-order chi connectivity index (χ0) is 24.1. The van der Waals surface area contributed by atoms with E-state index in [0.717, 1.165) is 46.8 Å². The quantitative estimate of drug-likeness (QED) is 0.282. The highest BCUT2D eigenvalue weighted by molar-refractivity contribution is 7.13. The summed E-state index contributed by atoms with van der Waals surface area (Å²) in [4.78, 5) is 28.0. The van der Waals surface area contributed by atoms with E-state index in [-0.39, 0.29) is 18.2 Å². The third-order valence-electron chi connectivity index (χ3n) is 5.55. The van der Waals surface area contributed by atoms with E-state index in [1.807, 2.05) is 37.4 Å². The van der Waals surface area contributed by atoms with Crippen molar-refractivity contribution in [1.82, 2.24) is 10.3 Å². The van der Waals surface area contributed by atoms with Crippen molar-refractivity contribution >= 4 is 23.2 Å². The maximum Gasteiger partial charge on any atom is 0.303 e. The van der Waals surface area contributed by atoms with Crippen LogP contribution < -0.4 is 10.1 Å². The maximum atomic E-state index is 12.4. The molecule has 0 radical (unpaired) electrons. The lowest BCUT2D eigenvalue weighted by Crippen LogP contribution is -2.28. The topological polar surface area (TPSA) is 88.5 Å². The van der Waals surface area contributed by atoms with Crippen LogP contribution in [0, 0.1) is 5.92 Å². The van der Waals surface area contributed by atoms with Crippen molar-refractivity contribution in [2.24, 2.45) is 5.92 Å². The minimum Gasteiger partial charge on any atom is -0.493 e. The van der Waals surface area contributed by atoms with Crippen LogP contribution in [-0.2, 0) is 22.6 Å². The molecule has 1 heterocycles. The number of aromatic nitrogens is 1. The Balaban J connectivity index is 1.96. The van der Waals surface area contributed by atoms with E-state index < -0.39 is 5.97 Å². The molecule has 33 heavy (non-hydrogen) atoms. The molecule has 0 spiro atoms. The molecule has 0 aliphatic heterocycles. The smallest absolute Gasteiger partial charge is 0.303 e. The number of nitrogens with zero attached hydrogens (tertiary/aromatic N) is 1. The fraction of sp³-hybridized carbons (Fsp3) is 0.577. The summed E-state index contributed by atoms with van der Waals surface area (Å²) in [6.45, 7) is 7.24. The molecule has 2 aromatic rings. The first-order chi connectivity index (χ1) is 15.9. The average molecular weight is 475 g/mol. The second-order valence-electron chi connectivity index (χ2n) is 8.54. The number of benzene rings is 1. The Morgan fingerprint density at radius 3 is 2.67 bits per heavy atom. The molecule has 0 fully saturated rings. The van der Waals surface area contributed by atoms with Gasteiger partial charge in [-0.15, -0.1) is 11.3 Å². The summed E-state index contributed by atoms with van der Waals surface area (Å²) < 4.78 is 5.94. The molecule has 0 saturated heterocycles. The zero-order valence-corrected chi connectivity index (χ0v) is 21.0. The molecule has 1 atom stereocenters. The molecule has 0 bridgehead atoms. The minimum atomic E-state index is -0.812. The Morgan fingerprint density at radius 1 is 1.15 bits per heavy atom. The van der Waals surface area contributed by atoms with Crippen molar-refractivity contribution in [3.63, 3.8) is 0 Å². The molecule has 0 aliphatic carbocycles. The molecule has 0 aliphatic rings. The maximum absolute atomic E-state index is 12.4. The first-order valence-corrected chi connectivity index (χ1v) is 13.0. The Morgan fingerprint density at radius 2 is 1.94 bits per heavy atom. The highest BCUT2D eigenvalue weighted by Gasteiger charge is 2.15. The first kappa shape index (κ1) is 26.8. The third kappa shape index (κ3) is 9.54. The number of thiazole rings is 1. The van der Waals surface area contributed by atoms with E-state index in [1.54, 1.807) is 0 Å². The SMILES string of the molecule is CCCCCCCC(C)C(=O)NCc1csc(-c2ccc(CCC(=O)O)cc2OCCC)n1. The third-order valence-corrected chi connectivity index (χ3v) is 6.47. The lowest BCUT2D eigenvalue weighted by Gasteiger charge is -2.12. The molecular weight excluding hydrogens is 436 g/mol. The van der Waals surface area contributed by atoms with Crippen LogP contribution >= 0.6 is 11.3 Å². The van der Waals surface area contributed by atoms with Gasteiger partial charge in [-0.3, -0.25) is 9.59 Å². The number of ether oxygens (including phenoxy) is 1. The largest absolute Gasteiger partial charge is 0.493 e. The predicted octanol–water partition coefficient (Wildman–Crippen LogP) is 6.23. The number of rotatable bonds is 16. The predicted molar refractivity (Wildman–Crippen MR) is 134 cm³/mol. The molecule has 1 aromatic heterocycles. The summed E-state index contributed by atoms with van der Waals surface area (Å²) >= 11 is 1.52. The minimum absolute atomic E-state index is 0.0112. The van der Waals surface area contributed by atoms with Gasteiger partial charge in [0.15, 0.2) is 0 Å². The van der Waals surface area contributed by atoms with E-state index in [9.17, 15) is 9.59 Å². The molecule has 0 saturated carbocycles. The summed E-state index contributed by atoms with van der Waals surface area (Å²) in [5.74, 6) is 0.000755. The van der Waals surface area contributed by atoms with Crippen molar-refractivity contribution in [3.05, 3.63) is 34.8 Å². The Hall–Kier alpha value is -2.41. The van der Waals surface area contributed by atoms with Gasteiger partial charge in [0.05, 0.1) is 24.4 Å². The number of amides is 1. The number of aliphatic carboxylic acids is 1. The van der Waals surface area contributed by atoms with Crippen LogP contribution in [0.5, 0.6) is 5.75 Å². The number of carbonyl (C=O) groups excluding carboxylic acids is 1. The molecule has 182 valence electrons. The number of aryl methyl sites for hydroxylation is 1. The van der Waals surface area contributed by atoms with E-state index >= 15 is 0 Å². The fourth-order valence-corrected chi connectivity index (χ4v) is 4.38. The molecule has 1 unspecified atom stereocenters.